The third kappa shape index (κ3) is 4.10. The van der Waals surface area contributed by atoms with Crippen LogP contribution in [0.3, 0.4) is 0 Å². The molecule has 1 amide bonds. The van der Waals surface area contributed by atoms with E-state index in [0.29, 0.717) is 27.3 Å². The topological polar surface area (TPSA) is 83.6 Å². The molecule has 0 spiro atoms. The van der Waals surface area contributed by atoms with Crippen LogP contribution in [0.4, 0.5) is 13.2 Å². The van der Waals surface area contributed by atoms with Crippen molar-refractivity contribution in [2.75, 3.05) is 0 Å². The zero-order valence-corrected chi connectivity index (χ0v) is 18.5. The Morgan fingerprint density at radius 3 is 2.79 bits per heavy atom. The minimum Gasteiger partial charge on any atom is -0.346 e. The molecular formula is C23H20F3N5OS. The SMILES string of the molecule is CC(NC(=O)c1nc2c(s1)CCCC2)c1ccc(-c2ncnc3[nH]ccc23)cc1C(F)(F)F. The maximum absolute atomic E-state index is 14.0. The lowest BCUT2D eigenvalue weighted by Crippen LogP contribution is -2.28. The molecule has 0 bridgehead atoms. The molecule has 10 heteroatoms. The van der Waals surface area contributed by atoms with Crippen molar-refractivity contribution in [3.8, 4) is 11.3 Å². The monoisotopic (exact) mass is 471 g/mol. The first-order valence-corrected chi connectivity index (χ1v) is 11.4. The minimum atomic E-state index is -4.60. The zero-order chi connectivity index (χ0) is 23.2. The van der Waals surface area contributed by atoms with Crippen LogP contribution in [0.15, 0.2) is 36.8 Å². The standard InChI is InChI=1S/C23H20F3N5OS/c1-12(30-21(32)22-31-17-4-2-3-5-18(17)33-22)14-7-6-13(10-16(14)23(24,25)26)19-15-8-9-27-20(15)29-11-28-19/h6-12H,2-5H2,1H3,(H,30,32)(H,27,28,29). The van der Waals surface area contributed by atoms with E-state index in [1.165, 1.54) is 23.7 Å². The van der Waals surface area contributed by atoms with Crippen LogP contribution < -0.4 is 5.32 Å². The number of H-pyrrole nitrogens is 1. The molecule has 1 aliphatic carbocycles. The van der Waals surface area contributed by atoms with E-state index >= 15 is 0 Å². The van der Waals surface area contributed by atoms with Gasteiger partial charge in [0.2, 0.25) is 0 Å². The molecule has 0 aliphatic heterocycles. The third-order valence-corrected chi connectivity index (χ3v) is 7.00. The molecular weight excluding hydrogens is 451 g/mol. The first kappa shape index (κ1) is 21.6. The van der Waals surface area contributed by atoms with Crippen molar-refractivity contribution < 1.29 is 18.0 Å². The quantitative estimate of drug-likeness (QED) is 0.413. The highest BCUT2D eigenvalue weighted by molar-refractivity contribution is 7.13. The van der Waals surface area contributed by atoms with Crippen LogP contribution in [0, 0.1) is 0 Å². The van der Waals surface area contributed by atoms with Gasteiger partial charge in [0, 0.05) is 22.0 Å². The number of amides is 1. The molecule has 4 aromatic rings. The molecule has 0 fully saturated rings. The van der Waals surface area contributed by atoms with Gasteiger partial charge in [-0.05, 0) is 50.3 Å². The number of carbonyl (C=O) groups is 1. The predicted molar refractivity (Wildman–Crippen MR) is 119 cm³/mol. The highest BCUT2D eigenvalue weighted by Gasteiger charge is 2.35. The molecule has 3 aromatic heterocycles. The lowest BCUT2D eigenvalue weighted by molar-refractivity contribution is -0.138. The van der Waals surface area contributed by atoms with Gasteiger partial charge in [-0.25, -0.2) is 15.0 Å². The van der Waals surface area contributed by atoms with Gasteiger partial charge in [-0.15, -0.1) is 11.3 Å². The summed E-state index contributed by atoms with van der Waals surface area (Å²) >= 11 is 1.33. The van der Waals surface area contributed by atoms with Gasteiger partial charge in [0.1, 0.15) is 12.0 Å². The smallest absolute Gasteiger partial charge is 0.346 e. The maximum Gasteiger partial charge on any atom is 0.416 e. The fraction of sp³-hybridized carbons (Fsp3) is 0.304. The summed E-state index contributed by atoms with van der Waals surface area (Å²) in [4.78, 5) is 29.5. The Kier molecular flexibility index (Phi) is 5.40. The van der Waals surface area contributed by atoms with Crippen LogP contribution >= 0.6 is 11.3 Å². The predicted octanol–water partition coefficient (Wildman–Crippen LogP) is 5.47. The van der Waals surface area contributed by atoms with E-state index in [2.05, 4.69) is 25.3 Å². The summed E-state index contributed by atoms with van der Waals surface area (Å²) in [6.45, 7) is 1.55. The number of fused-ring (bicyclic) bond motifs is 2. The van der Waals surface area contributed by atoms with Crippen molar-refractivity contribution in [1.82, 2.24) is 25.3 Å². The molecule has 2 N–H and O–H groups in total. The van der Waals surface area contributed by atoms with Crippen molar-refractivity contribution >= 4 is 28.3 Å². The normalized spacial score (nSPS) is 14.8. The van der Waals surface area contributed by atoms with Gasteiger partial charge >= 0.3 is 6.18 Å². The van der Waals surface area contributed by atoms with Crippen molar-refractivity contribution in [2.24, 2.45) is 0 Å². The number of nitrogens with one attached hydrogen (secondary N) is 2. The van der Waals surface area contributed by atoms with Gasteiger partial charge < -0.3 is 10.3 Å². The fourth-order valence-corrected chi connectivity index (χ4v) is 5.27. The Morgan fingerprint density at radius 1 is 1.18 bits per heavy atom. The van der Waals surface area contributed by atoms with E-state index < -0.39 is 23.7 Å². The van der Waals surface area contributed by atoms with Gasteiger partial charge in [0.05, 0.1) is 23.0 Å². The van der Waals surface area contributed by atoms with Crippen LogP contribution in [-0.2, 0) is 19.0 Å². The number of rotatable bonds is 4. The van der Waals surface area contributed by atoms with E-state index in [-0.39, 0.29) is 5.56 Å². The Labute approximate surface area is 191 Å². The summed E-state index contributed by atoms with van der Waals surface area (Å²) in [6, 6.07) is 4.93. The number of hydrogen-bond acceptors (Lipinski definition) is 5. The van der Waals surface area contributed by atoms with Crippen molar-refractivity contribution in [3.63, 3.8) is 0 Å². The summed E-state index contributed by atoms with van der Waals surface area (Å²) in [5.41, 5.74) is 1.39. The van der Waals surface area contributed by atoms with Gasteiger partial charge in [-0.2, -0.15) is 13.2 Å². The van der Waals surface area contributed by atoms with Crippen LogP contribution in [0.5, 0.6) is 0 Å². The van der Waals surface area contributed by atoms with Gasteiger partial charge in [0.25, 0.3) is 5.91 Å². The number of aromatic amines is 1. The van der Waals surface area contributed by atoms with E-state index in [0.717, 1.165) is 42.3 Å². The average molecular weight is 472 g/mol. The molecule has 3 heterocycles. The highest BCUT2D eigenvalue weighted by Crippen LogP contribution is 2.38. The fourth-order valence-electron chi connectivity index (χ4n) is 4.21. The number of thiazole rings is 1. The van der Waals surface area contributed by atoms with Gasteiger partial charge in [-0.3, -0.25) is 4.79 Å². The molecule has 6 nitrogen and oxygen atoms in total. The van der Waals surface area contributed by atoms with E-state index in [1.807, 2.05) is 0 Å². The van der Waals surface area contributed by atoms with Gasteiger partial charge in [-0.1, -0.05) is 12.1 Å². The Morgan fingerprint density at radius 2 is 2.00 bits per heavy atom. The van der Waals surface area contributed by atoms with Crippen LogP contribution in [0.2, 0.25) is 0 Å². The van der Waals surface area contributed by atoms with E-state index in [9.17, 15) is 18.0 Å². The van der Waals surface area contributed by atoms with E-state index in [4.69, 9.17) is 0 Å². The molecule has 1 aromatic carbocycles. The first-order chi connectivity index (χ1) is 15.8. The number of alkyl halides is 3. The Bertz CT molecular complexity index is 1320. The van der Waals surface area contributed by atoms with E-state index in [1.54, 1.807) is 25.3 Å². The van der Waals surface area contributed by atoms with Crippen LogP contribution in [0.1, 0.15) is 57.3 Å². The average Bonchev–Trinajstić information content (AvgIpc) is 3.45. The lowest BCUT2D eigenvalue weighted by Gasteiger charge is -2.20. The van der Waals surface area contributed by atoms with Crippen molar-refractivity contribution in [1.29, 1.82) is 0 Å². The molecule has 170 valence electrons. The van der Waals surface area contributed by atoms with Gasteiger partial charge in [0.15, 0.2) is 5.01 Å². The minimum absolute atomic E-state index is 0.0136. The lowest BCUT2D eigenvalue weighted by atomic mass is 9.96. The summed E-state index contributed by atoms with van der Waals surface area (Å²) in [5.74, 6) is -0.455. The number of benzene rings is 1. The Hall–Kier alpha value is -3.27. The zero-order valence-electron chi connectivity index (χ0n) is 17.7. The number of aryl methyl sites for hydroxylation is 2. The molecule has 1 aliphatic rings. The second-order valence-corrected chi connectivity index (χ2v) is 9.14. The summed E-state index contributed by atoms with van der Waals surface area (Å²) < 4.78 is 42.0. The maximum atomic E-state index is 14.0. The number of halogens is 3. The molecule has 1 unspecified atom stereocenters. The molecule has 33 heavy (non-hydrogen) atoms. The molecule has 1 atom stereocenters. The first-order valence-electron chi connectivity index (χ1n) is 10.6. The Balaban J connectivity index is 1.46. The third-order valence-electron chi connectivity index (χ3n) is 5.84. The second-order valence-electron chi connectivity index (χ2n) is 8.05. The number of nitrogens with zero attached hydrogens (tertiary/aromatic N) is 3. The van der Waals surface area contributed by atoms with Crippen molar-refractivity contribution in [2.45, 2.75) is 44.8 Å². The van der Waals surface area contributed by atoms with Crippen molar-refractivity contribution in [3.05, 3.63) is 63.5 Å². The summed E-state index contributed by atoms with van der Waals surface area (Å²) in [6.07, 6.45) is 2.21. The van der Waals surface area contributed by atoms with Crippen LogP contribution in [0.25, 0.3) is 22.3 Å². The van der Waals surface area contributed by atoms with Crippen LogP contribution in [-0.4, -0.2) is 25.8 Å². The molecule has 5 rings (SSSR count). The second kappa shape index (κ2) is 8.26. The number of hydrogen-bond donors (Lipinski definition) is 2. The number of carbonyl (C=O) groups excluding carboxylic acids is 1. The highest BCUT2D eigenvalue weighted by atomic mass is 32.1. The summed E-state index contributed by atoms with van der Waals surface area (Å²) in [5, 5.41) is 3.63. The molecule has 0 radical (unpaired) electrons. The molecule has 0 saturated heterocycles. The largest absolute Gasteiger partial charge is 0.416 e. The summed E-state index contributed by atoms with van der Waals surface area (Å²) in [7, 11) is 0. The molecule has 0 saturated carbocycles. The number of aromatic nitrogens is 4.